The van der Waals surface area contributed by atoms with Crippen LogP contribution < -0.4 is 0 Å². The molecule has 0 spiro atoms. The van der Waals surface area contributed by atoms with Crippen LogP contribution in [0.2, 0.25) is 0 Å². The van der Waals surface area contributed by atoms with Crippen molar-refractivity contribution in [1.29, 1.82) is 0 Å². The summed E-state index contributed by atoms with van der Waals surface area (Å²) in [4.78, 5) is 1.40. The van der Waals surface area contributed by atoms with Gasteiger partial charge >= 0.3 is 0 Å². The Bertz CT molecular complexity index is 258. The lowest BCUT2D eigenvalue weighted by Gasteiger charge is -2.04. The van der Waals surface area contributed by atoms with Crippen molar-refractivity contribution in [2.24, 2.45) is 0 Å². The molecule has 0 saturated carbocycles. The molecule has 0 aliphatic carbocycles. The Balaban J connectivity index is 2.72. The zero-order valence-electron chi connectivity index (χ0n) is 7.43. The van der Waals surface area contributed by atoms with Crippen molar-refractivity contribution in [3.05, 3.63) is 29.3 Å². The fraction of sp³-hybridized carbons (Fsp3) is 0.400. The fourth-order valence-corrected chi connectivity index (χ4v) is 2.34. The Morgan fingerprint density at radius 2 is 2.08 bits per heavy atom. The lowest BCUT2D eigenvalue weighted by molar-refractivity contribution is 1.26. The van der Waals surface area contributed by atoms with E-state index in [9.17, 15) is 0 Å². The van der Waals surface area contributed by atoms with Gasteiger partial charge in [-0.25, -0.2) is 0 Å². The van der Waals surface area contributed by atoms with Gasteiger partial charge in [0.1, 0.15) is 0 Å². The van der Waals surface area contributed by atoms with Gasteiger partial charge in [-0.05, 0) is 25.5 Å². The van der Waals surface area contributed by atoms with Crippen LogP contribution in [0.1, 0.15) is 11.1 Å². The van der Waals surface area contributed by atoms with E-state index in [2.05, 4.69) is 48.0 Å². The third kappa shape index (κ3) is 2.83. The van der Waals surface area contributed by atoms with Gasteiger partial charge in [0.2, 0.25) is 0 Å². The van der Waals surface area contributed by atoms with Crippen LogP contribution in [-0.4, -0.2) is 11.1 Å². The normalized spacial score (nSPS) is 10.2. The summed E-state index contributed by atoms with van der Waals surface area (Å²) in [5.74, 6) is 1.14. The maximum Gasteiger partial charge on any atom is 0.0126 e. The van der Waals surface area contributed by atoms with Gasteiger partial charge in [0.05, 0.1) is 0 Å². The molecule has 0 atom stereocenters. The minimum Gasteiger partial charge on any atom is -0.125 e. The highest BCUT2D eigenvalue weighted by Gasteiger charge is 1.97. The zero-order valence-corrected chi connectivity index (χ0v) is 9.83. The number of thioether (sulfide) groups is 1. The van der Waals surface area contributed by atoms with E-state index < -0.39 is 0 Å². The van der Waals surface area contributed by atoms with E-state index in [-0.39, 0.29) is 0 Å². The Hall–Kier alpha value is 0.0500. The van der Waals surface area contributed by atoms with Crippen molar-refractivity contribution >= 4 is 27.7 Å². The molecule has 0 radical (unpaired) electrons. The molecular weight excluding hydrogens is 232 g/mol. The van der Waals surface area contributed by atoms with Crippen LogP contribution in [-0.2, 0) is 0 Å². The monoisotopic (exact) mass is 244 g/mol. The average molecular weight is 245 g/mol. The second-order valence-corrected chi connectivity index (χ2v) is 4.74. The third-order valence-electron chi connectivity index (χ3n) is 1.67. The maximum absolute atomic E-state index is 3.43. The predicted molar refractivity (Wildman–Crippen MR) is 60.4 cm³/mol. The van der Waals surface area contributed by atoms with Gasteiger partial charge in [-0.1, -0.05) is 33.6 Å². The van der Waals surface area contributed by atoms with Crippen LogP contribution in [0.25, 0.3) is 0 Å². The molecule has 0 fully saturated rings. The molecule has 12 heavy (non-hydrogen) atoms. The van der Waals surface area contributed by atoms with Gasteiger partial charge < -0.3 is 0 Å². The summed E-state index contributed by atoms with van der Waals surface area (Å²) in [7, 11) is 0. The maximum atomic E-state index is 3.43. The van der Waals surface area contributed by atoms with Crippen molar-refractivity contribution in [3.63, 3.8) is 0 Å². The summed E-state index contributed by atoms with van der Waals surface area (Å²) in [6, 6.07) is 6.61. The molecule has 0 N–H and O–H groups in total. The number of benzene rings is 1. The smallest absolute Gasteiger partial charge is 0.0126 e. The van der Waals surface area contributed by atoms with Gasteiger partial charge in [0, 0.05) is 16.0 Å². The molecule has 0 aliphatic heterocycles. The Labute approximate surface area is 86.9 Å². The summed E-state index contributed by atoms with van der Waals surface area (Å²) in [5, 5.41) is 1.06. The molecule has 0 saturated heterocycles. The molecule has 0 heterocycles. The molecule has 1 aromatic carbocycles. The average Bonchev–Trinajstić information content (AvgIpc) is 2.03. The van der Waals surface area contributed by atoms with Crippen LogP contribution in [0.5, 0.6) is 0 Å². The topological polar surface area (TPSA) is 0 Å². The first-order valence-corrected chi connectivity index (χ1v) is 6.11. The first-order valence-electron chi connectivity index (χ1n) is 4.00. The van der Waals surface area contributed by atoms with E-state index in [0.717, 1.165) is 11.1 Å². The Morgan fingerprint density at radius 3 is 2.67 bits per heavy atom. The largest absolute Gasteiger partial charge is 0.125 e. The van der Waals surface area contributed by atoms with Gasteiger partial charge in [0.15, 0.2) is 0 Å². The Morgan fingerprint density at radius 1 is 1.33 bits per heavy atom. The predicted octanol–water partition coefficient (Wildman–Crippen LogP) is 3.79. The van der Waals surface area contributed by atoms with Gasteiger partial charge in [0.25, 0.3) is 0 Å². The molecule has 0 aromatic heterocycles. The highest BCUT2D eigenvalue weighted by molar-refractivity contribution is 9.09. The molecule has 66 valence electrons. The lowest BCUT2D eigenvalue weighted by atomic mass is 10.2. The summed E-state index contributed by atoms with van der Waals surface area (Å²) in [5.41, 5.74) is 2.73. The van der Waals surface area contributed by atoms with Crippen molar-refractivity contribution in [1.82, 2.24) is 0 Å². The van der Waals surface area contributed by atoms with Crippen molar-refractivity contribution in [3.8, 4) is 0 Å². The third-order valence-corrected chi connectivity index (χ3v) is 3.76. The number of rotatable bonds is 3. The minimum atomic E-state index is 1.06. The highest BCUT2D eigenvalue weighted by Crippen LogP contribution is 2.23. The van der Waals surface area contributed by atoms with Crippen molar-refractivity contribution in [2.45, 2.75) is 18.7 Å². The van der Waals surface area contributed by atoms with E-state index in [1.165, 1.54) is 16.0 Å². The summed E-state index contributed by atoms with van der Waals surface area (Å²) in [6.07, 6.45) is 0. The van der Waals surface area contributed by atoms with Crippen LogP contribution in [0.4, 0.5) is 0 Å². The summed E-state index contributed by atoms with van der Waals surface area (Å²) >= 11 is 5.33. The second kappa shape index (κ2) is 4.93. The molecule has 0 amide bonds. The number of alkyl halides is 1. The van der Waals surface area contributed by atoms with Gasteiger partial charge in [-0.15, -0.1) is 11.8 Å². The quantitative estimate of drug-likeness (QED) is 0.576. The van der Waals surface area contributed by atoms with Crippen molar-refractivity contribution < 1.29 is 0 Å². The zero-order chi connectivity index (χ0) is 8.97. The first-order chi connectivity index (χ1) is 5.74. The lowest BCUT2D eigenvalue weighted by Crippen LogP contribution is -1.84. The first kappa shape index (κ1) is 10.1. The molecule has 1 aromatic rings. The summed E-state index contributed by atoms with van der Waals surface area (Å²) in [6.45, 7) is 4.30. The molecular formula is C10H13BrS. The molecule has 0 bridgehead atoms. The van der Waals surface area contributed by atoms with Crippen LogP contribution >= 0.6 is 27.7 Å². The number of aryl methyl sites for hydroxylation is 2. The molecule has 2 heteroatoms. The van der Waals surface area contributed by atoms with Gasteiger partial charge in [-0.3, -0.25) is 0 Å². The van der Waals surface area contributed by atoms with E-state index in [1.807, 2.05) is 11.8 Å². The SMILES string of the molecule is Cc1ccc(SCCBr)c(C)c1. The van der Waals surface area contributed by atoms with E-state index in [1.54, 1.807) is 0 Å². The van der Waals surface area contributed by atoms with Crippen molar-refractivity contribution in [2.75, 3.05) is 11.1 Å². The van der Waals surface area contributed by atoms with Crippen LogP contribution in [0.3, 0.4) is 0 Å². The van der Waals surface area contributed by atoms with E-state index >= 15 is 0 Å². The van der Waals surface area contributed by atoms with Crippen LogP contribution in [0.15, 0.2) is 23.1 Å². The summed E-state index contributed by atoms with van der Waals surface area (Å²) < 4.78 is 0. The van der Waals surface area contributed by atoms with Gasteiger partial charge in [-0.2, -0.15) is 0 Å². The standard InChI is InChI=1S/C10H13BrS/c1-8-3-4-10(9(2)7-8)12-6-5-11/h3-4,7H,5-6H2,1-2H3. The number of hydrogen-bond donors (Lipinski definition) is 0. The fourth-order valence-electron chi connectivity index (χ4n) is 1.11. The molecule has 1 rings (SSSR count). The minimum absolute atomic E-state index is 1.06. The number of hydrogen-bond acceptors (Lipinski definition) is 1. The second-order valence-electron chi connectivity index (χ2n) is 2.81. The van der Waals surface area contributed by atoms with E-state index in [0.29, 0.717) is 0 Å². The molecule has 0 unspecified atom stereocenters. The highest BCUT2D eigenvalue weighted by atomic mass is 79.9. The van der Waals surface area contributed by atoms with Crippen LogP contribution in [0, 0.1) is 13.8 Å². The molecule has 0 nitrogen and oxygen atoms in total. The van der Waals surface area contributed by atoms with E-state index in [4.69, 9.17) is 0 Å². The molecule has 0 aliphatic rings. The Kier molecular flexibility index (Phi) is 4.16. The number of halogens is 1.